The average Bonchev–Trinajstić information content (AvgIpc) is 3.12. The molecule has 0 aliphatic carbocycles. The molecule has 1 fully saturated rings. The van der Waals surface area contributed by atoms with Crippen molar-refractivity contribution < 1.29 is 14.3 Å². The Morgan fingerprint density at radius 3 is 2.78 bits per heavy atom. The molecule has 3 heterocycles. The van der Waals surface area contributed by atoms with Crippen LogP contribution in [0.4, 0.5) is 5.95 Å². The maximum absolute atomic E-state index is 12.7. The van der Waals surface area contributed by atoms with Gasteiger partial charge in [0.1, 0.15) is 17.1 Å². The standard InChI is InChI=1S/C21H21N3O3/c1-26-14-6-7-19-15(12-14)18(25)13-21(27-19)8-10-24(11-9-21)20-22-16-4-2-3-5-17(16)23-20/h2-7,12H,8-11,13H2,1H3,(H,22,23). The first kappa shape index (κ1) is 16.2. The Hall–Kier alpha value is -3.02. The molecule has 1 spiro atoms. The van der Waals surface area contributed by atoms with Gasteiger partial charge >= 0.3 is 0 Å². The lowest BCUT2D eigenvalue weighted by Gasteiger charge is -2.43. The number of carbonyl (C=O) groups is 1. The summed E-state index contributed by atoms with van der Waals surface area (Å²) in [5.74, 6) is 2.37. The van der Waals surface area contributed by atoms with Gasteiger partial charge in [0, 0.05) is 25.9 Å². The number of hydrogen-bond donors (Lipinski definition) is 1. The van der Waals surface area contributed by atoms with E-state index in [0.717, 1.165) is 42.9 Å². The number of Topliss-reactive ketones (excluding diaryl/α,β-unsaturated/α-hetero) is 1. The van der Waals surface area contributed by atoms with E-state index in [-0.39, 0.29) is 5.78 Å². The van der Waals surface area contributed by atoms with Crippen LogP contribution in [0.5, 0.6) is 11.5 Å². The molecule has 1 N–H and O–H groups in total. The summed E-state index contributed by atoms with van der Waals surface area (Å²) in [6.45, 7) is 1.61. The van der Waals surface area contributed by atoms with Crippen molar-refractivity contribution in [3.05, 3.63) is 48.0 Å². The van der Waals surface area contributed by atoms with Crippen LogP contribution in [0.2, 0.25) is 0 Å². The molecule has 2 aromatic carbocycles. The third-order valence-corrected chi connectivity index (χ3v) is 5.65. The SMILES string of the molecule is COc1ccc2c(c1)C(=O)CC1(CCN(c3nc4ccccc4[nH]3)CC1)O2. The van der Waals surface area contributed by atoms with E-state index in [1.807, 2.05) is 36.4 Å². The van der Waals surface area contributed by atoms with Crippen molar-refractivity contribution in [1.82, 2.24) is 9.97 Å². The highest BCUT2D eigenvalue weighted by Gasteiger charge is 2.43. The van der Waals surface area contributed by atoms with Gasteiger partial charge in [-0.25, -0.2) is 4.98 Å². The molecular formula is C21H21N3O3. The number of carbonyl (C=O) groups excluding carboxylic acids is 1. The van der Waals surface area contributed by atoms with E-state index >= 15 is 0 Å². The van der Waals surface area contributed by atoms with Gasteiger partial charge in [-0.3, -0.25) is 4.79 Å². The average molecular weight is 363 g/mol. The second-order valence-electron chi connectivity index (χ2n) is 7.31. The monoisotopic (exact) mass is 363 g/mol. The largest absolute Gasteiger partial charge is 0.497 e. The highest BCUT2D eigenvalue weighted by molar-refractivity contribution is 6.00. The quantitative estimate of drug-likeness (QED) is 0.754. The van der Waals surface area contributed by atoms with Gasteiger partial charge in [-0.1, -0.05) is 12.1 Å². The van der Waals surface area contributed by atoms with E-state index < -0.39 is 5.60 Å². The van der Waals surface area contributed by atoms with Crippen molar-refractivity contribution in [1.29, 1.82) is 0 Å². The molecule has 6 nitrogen and oxygen atoms in total. The predicted molar refractivity (Wildman–Crippen MR) is 103 cm³/mol. The van der Waals surface area contributed by atoms with Gasteiger partial charge in [0.25, 0.3) is 0 Å². The number of hydrogen-bond acceptors (Lipinski definition) is 5. The molecule has 2 aliphatic heterocycles. The predicted octanol–water partition coefficient (Wildman–Crippen LogP) is 3.58. The molecule has 0 amide bonds. The Bertz CT molecular complexity index is 985. The van der Waals surface area contributed by atoms with Crippen molar-refractivity contribution >= 4 is 22.8 Å². The molecule has 0 radical (unpaired) electrons. The van der Waals surface area contributed by atoms with Gasteiger partial charge in [-0.2, -0.15) is 0 Å². The summed E-state index contributed by atoms with van der Waals surface area (Å²) in [6.07, 6.45) is 2.00. The molecule has 1 aromatic heterocycles. The molecule has 6 heteroatoms. The number of ketones is 1. The zero-order valence-corrected chi connectivity index (χ0v) is 15.2. The number of anilines is 1. The van der Waals surface area contributed by atoms with Crippen LogP contribution in [0.1, 0.15) is 29.6 Å². The maximum Gasteiger partial charge on any atom is 0.203 e. The summed E-state index contributed by atoms with van der Waals surface area (Å²) in [7, 11) is 1.60. The highest BCUT2D eigenvalue weighted by atomic mass is 16.5. The Kier molecular flexibility index (Phi) is 3.60. The molecule has 0 unspecified atom stereocenters. The molecule has 0 bridgehead atoms. The lowest BCUT2D eigenvalue weighted by atomic mass is 9.82. The van der Waals surface area contributed by atoms with Crippen LogP contribution >= 0.6 is 0 Å². The Morgan fingerprint density at radius 1 is 1.19 bits per heavy atom. The minimum atomic E-state index is -0.415. The van der Waals surface area contributed by atoms with Gasteiger partial charge in [-0.05, 0) is 30.3 Å². The van der Waals surface area contributed by atoms with E-state index in [1.165, 1.54) is 0 Å². The zero-order chi connectivity index (χ0) is 18.4. The van der Waals surface area contributed by atoms with Crippen molar-refractivity contribution in [2.75, 3.05) is 25.1 Å². The second kappa shape index (κ2) is 6.01. The number of benzene rings is 2. The van der Waals surface area contributed by atoms with Crippen LogP contribution in [0.25, 0.3) is 11.0 Å². The maximum atomic E-state index is 12.7. The third kappa shape index (κ3) is 2.72. The molecule has 1 saturated heterocycles. The minimum absolute atomic E-state index is 0.132. The topological polar surface area (TPSA) is 67.5 Å². The lowest BCUT2D eigenvalue weighted by Crippen LogP contribution is -2.51. The number of nitrogens with zero attached hydrogens (tertiary/aromatic N) is 2. The summed E-state index contributed by atoms with van der Waals surface area (Å²) < 4.78 is 11.6. The van der Waals surface area contributed by atoms with Crippen molar-refractivity contribution in [2.45, 2.75) is 24.9 Å². The molecule has 2 aliphatic rings. The second-order valence-corrected chi connectivity index (χ2v) is 7.31. The number of nitrogens with one attached hydrogen (secondary N) is 1. The van der Waals surface area contributed by atoms with E-state index in [1.54, 1.807) is 13.2 Å². The highest BCUT2D eigenvalue weighted by Crippen LogP contribution is 2.41. The smallest absolute Gasteiger partial charge is 0.203 e. The fraction of sp³-hybridized carbons (Fsp3) is 0.333. The van der Waals surface area contributed by atoms with Crippen LogP contribution in [-0.4, -0.2) is 41.6 Å². The number of imidazole rings is 1. The van der Waals surface area contributed by atoms with Gasteiger partial charge < -0.3 is 19.4 Å². The van der Waals surface area contributed by atoms with Gasteiger partial charge in [-0.15, -0.1) is 0 Å². The Balaban J connectivity index is 1.35. The molecular weight excluding hydrogens is 342 g/mol. The molecule has 3 aromatic rings. The zero-order valence-electron chi connectivity index (χ0n) is 15.2. The van der Waals surface area contributed by atoms with E-state index in [2.05, 4.69) is 14.9 Å². The van der Waals surface area contributed by atoms with Gasteiger partial charge in [0.05, 0.1) is 30.1 Å². The van der Waals surface area contributed by atoms with E-state index in [9.17, 15) is 4.79 Å². The number of ether oxygens (including phenoxy) is 2. The first-order valence-corrected chi connectivity index (χ1v) is 9.26. The fourth-order valence-electron chi connectivity index (χ4n) is 4.09. The number of aromatic nitrogens is 2. The van der Waals surface area contributed by atoms with Gasteiger partial charge in [0.2, 0.25) is 5.95 Å². The number of H-pyrrole nitrogens is 1. The van der Waals surface area contributed by atoms with Crippen LogP contribution in [-0.2, 0) is 0 Å². The van der Waals surface area contributed by atoms with Crippen LogP contribution in [0.15, 0.2) is 42.5 Å². The first-order valence-electron chi connectivity index (χ1n) is 9.26. The molecule has 0 atom stereocenters. The Morgan fingerprint density at radius 2 is 2.00 bits per heavy atom. The number of aromatic amines is 1. The summed E-state index contributed by atoms with van der Waals surface area (Å²) in [6, 6.07) is 13.5. The van der Waals surface area contributed by atoms with Crippen LogP contribution in [0, 0.1) is 0 Å². The number of methoxy groups -OCH3 is 1. The third-order valence-electron chi connectivity index (χ3n) is 5.65. The summed E-state index contributed by atoms with van der Waals surface area (Å²) in [4.78, 5) is 23.0. The van der Waals surface area contributed by atoms with E-state index in [0.29, 0.717) is 23.5 Å². The van der Waals surface area contributed by atoms with Crippen molar-refractivity contribution in [2.24, 2.45) is 0 Å². The Labute approximate surface area is 157 Å². The van der Waals surface area contributed by atoms with Crippen LogP contribution in [0.3, 0.4) is 0 Å². The van der Waals surface area contributed by atoms with Crippen molar-refractivity contribution in [3.63, 3.8) is 0 Å². The van der Waals surface area contributed by atoms with Crippen molar-refractivity contribution in [3.8, 4) is 11.5 Å². The molecule has 27 heavy (non-hydrogen) atoms. The minimum Gasteiger partial charge on any atom is -0.497 e. The summed E-state index contributed by atoms with van der Waals surface area (Å²) in [5.41, 5.74) is 2.22. The number of rotatable bonds is 2. The normalized spacial score (nSPS) is 18.4. The lowest BCUT2D eigenvalue weighted by molar-refractivity contribution is 0.0229. The van der Waals surface area contributed by atoms with Gasteiger partial charge in [0.15, 0.2) is 5.78 Å². The molecule has 138 valence electrons. The molecule has 0 saturated carbocycles. The number of para-hydroxylation sites is 2. The first-order chi connectivity index (χ1) is 13.2. The molecule has 5 rings (SSSR count). The van der Waals surface area contributed by atoms with Crippen LogP contribution < -0.4 is 14.4 Å². The fourth-order valence-corrected chi connectivity index (χ4v) is 4.09. The number of piperidine rings is 1. The van der Waals surface area contributed by atoms with E-state index in [4.69, 9.17) is 9.47 Å². The summed E-state index contributed by atoms with van der Waals surface area (Å²) in [5, 5.41) is 0. The number of fused-ring (bicyclic) bond motifs is 2. The summed E-state index contributed by atoms with van der Waals surface area (Å²) >= 11 is 0.